The number of Topliss-reactive ketones (excluding diaryl/α,β-unsaturated/α-hetero) is 1. The van der Waals surface area contributed by atoms with Crippen LogP contribution in [-0.2, 0) is 9.53 Å². The highest BCUT2D eigenvalue weighted by Gasteiger charge is 2.35. The van der Waals surface area contributed by atoms with E-state index in [4.69, 9.17) is 4.74 Å². The third-order valence-electron chi connectivity index (χ3n) is 3.35. The van der Waals surface area contributed by atoms with Gasteiger partial charge in [0.05, 0.1) is 11.5 Å². The summed E-state index contributed by atoms with van der Waals surface area (Å²) in [5, 5.41) is 19.0. The number of ketones is 1. The highest BCUT2D eigenvalue weighted by atomic mass is 16.5. The zero-order valence-electron chi connectivity index (χ0n) is 12.0. The number of carbonyl (C=O) groups excluding carboxylic acids is 2. The molecule has 21 heavy (non-hydrogen) atoms. The molecule has 0 radical (unpaired) electrons. The quantitative estimate of drug-likeness (QED) is 0.385. The molecule has 0 bridgehead atoms. The number of aromatic hydroxyl groups is 2. The molecule has 0 spiro atoms. The first-order chi connectivity index (χ1) is 9.86. The molecule has 2 atom stereocenters. The summed E-state index contributed by atoms with van der Waals surface area (Å²) in [5.41, 5.74) is 1.07. The molecule has 5 nitrogen and oxygen atoms in total. The number of esters is 1. The van der Waals surface area contributed by atoms with Gasteiger partial charge in [-0.05, 0) is 38.1 Å². The molecule has 2 N–H and O–H groups in total. The Labute approximate surface area is 122 Å². The van der Waals surface area contributed by atoms with E-state index in [1.165, 1.54) is 18.2 Å². The van der Waals surface area contributed by atoms with E-state index in [2.05, 4.69) is 0 Å². The normalized spacial score (nSPS) is 21.0. The van der Waals surface area contributed by atoms with E-state index in [1.807, 2.05) is 19.9 Å². The number of carbonyl (C=O) groups is 2. The van der Waals surface area contributed by atoms with Crippen molar-refractivity contribution in [2.75, 3.05) is 0 Å². The standard InChI is InChI=1S/C16H18O5/c1-9(2)5-12-6-10(16(20)21-12)7-15(19)13-8-11(17)3-4-14(13)18/h3-5,8,10,12,17-18H,6-7H2,1-2H3/t10-,12-/m1/s1. The van der Waals surface area contributed by atoms with Crippen LogP contribution in [0.5, 0.6) is 11.5 Å². The molecule has 0 aliphatic carbocycles. The molecule has 1 aromatic rings. The van der Waals surface area contributed by atoms with E-state index >= 15 is 0 Å². The van der Waals surface area contributed by atoms with Crippen LogP contribution in [0.15, 0.2) is 29.8 Å². The first-order valence-corrected chi connectivity index (χ1v) is 6.77. The molecule has 0 amide bonds. The van der Waals surface area contributed by atoms with Crippen molar-refractivity contribution < 1.29 is 24.5 Å². The molecule has 0 unspecified atom stereocenters. The molecule has 5 heteroatoms. The fraction of sp³-hybridized carbons (Fsp3) is 0.375. The summed E-state index contributed by atoms with van der Waals surface area (Å²) < 4.78 is 5.20. The minimum atomic E-state index is -0.514. The lowest BCUT2D eigenvalue weighted by Gasteiger charge is -2.07. The molecule has 1 fully saturated rings. The van der Waals surface area contributed by atoms with Gasteiger partial charge in [0.25, 0.3) is 0 Å². The van der Waals surface area contributed by atoms with Gasteiger partial charge in [-0.15, -0.1) is 0 Å². The monoisotopic (exact) mass is 290 g/mol. The van der Waals surface area contributed by atoms with Crippen LogP contribution in [0.2, 0.25) is 0 Å². The van der Waals surface area contributed by atoms with Gasteiger partial charge >= 0.3 is 5.97 Å². The summed E-state index contributed by atoms with van der Waals surface area (Å²) >= 11 is 0. The van der Waals surface area contributed by atoms with Gasteiger partial charge in [0.2, 0.25) is 0 Å². The number of phenols is 2. The molecule has 1 aromatic carbocycles. The molecule has 1 aliphatic heterocycles. The van der Waals surface area contributed by atoms with Crippen LogP contribution in [0.25, 0.3) is 0 Å². The van der Waals surface area contributed by atoms with Crippen LogP contribution in [0, 0.1) is 5.92 Å². The number of hydrogen-bond donors (Lipinski definition) is 2. The number of rotatable bonds is 4. The Balaban J connectivity index is 2.08. The Kier molecular flexibility index (Phi) is 4.31. The van der Waals surface area contributed by atoms with Crippen LogP contribution >= 0.6 is 0 Å². The van der Waals surface area contributed by atoms with Gasteiger partial charge in [0.15, 0.2) is 5.78 Å². The van der Waals surface area contributed by atoms with Crippen LogP contribution in [0.1, 0.15) is 37.0 Å². The Morgan fingerprint density at radius 2 is 2.10 bits per heavy atom. The highest BCUT2D eigenvalue weighted by molar-refractivity contribution is 6.00. The first kappa shape index (κ1) is 15.1. The fourth-order valence-corrected chi connectivity index (χ4v) is 2.39. The molecular weight excluding hydrogens is 272 g/mol. The third-order valence-corrected chi connectivity index (χ3v) is 3.35. The van der Waals surface area contributed by atoms with Gasteiger partial charge in [-0.3, -0.25) is 9.59 Å². The van der Waals surface area contributed by atoms with Crippen molar-refractivity contribution in [2.24, 2.45) is 5.92 Å². The van der Waals surface area contributed by atoms with Crippen molar-refractivity contribution in [3.8, 4) is 11.5 Å². The summed E-state index contributed by atoms with van der Waals surface area (Å²) in [4.78, 5) is 23.9. The molecular formula is C16H18O5. The molecule has 0 saturated carbocycles. The molecule has 1 aliphatic rings. The van der Waals surface area contributed by atoms with Gasteiger partial charge in [0.1, 0.15) is 17.6 Å². The Hall–Kier alpha value is -2.30. The maximum Gasteiger partial charge on any atom is 0.310 e. The summed E-state index contributed by atoms with van der Waals surface area (Å²) in [6.45, 7) is 3.83. The van der Waals surface area contributed by atoms with Gasteiger partial charge in [0, 0.05) is 12.8 Å². The predicted molar refractivity (Wildman–Crippen MR) is 76.1 cm³/mol. The summed E-state index contributed by atoms with van der Waals surface area (Å²) in [7, 11) is 0. The van der Waals surface area contributed by atoms with E-state index in [-0.39, 0.29) is 35.4 Å². The number of hydrogen-bond acceptors (Lipinski definition) is 5. The summed E-state index contributed by atoms with van der Waals surface area (Å²) in [5.74, 6) is -1.61. The van der Waals surface area contributed by atoms with Gasteiger partial charge in [-0.2, -0.15) is 0 Å². The molecule has 0 aromatic heterocycles. The highest BCUT2D eigenvalue weighted by Crippen LogP contribution is 2.30. The van der Waals surface area contributed by atoms with Crippen LogP contribution in [-0.4, -0.2) is 28.1 Å². The van der Waals surface area contributed by atoms with Crippen molar-refractivity contribution in [1.29, 1.82) is 0 Å². The Morgan fingerprint density at radius 3 is 2.76 bits per heavy atom. The van der Waals surface area contributed by atoms with E-state index in [0.29, 0.717) is 6.42 Å². The third kappa shape index (κ3) is 3.62. The summed E-state index contributed by atoms with van der Waals surface area (Å²) in [6.07, 6.45) is 1.98. The van der Waals surface area contributed by atoms with E-state index in [1.54, 1.807) is 0 Å². The maximum atomic E-state index is 12.2. The Bertz CT molecular complexity index is 599. The zero-order chi connectivity index (χ0) is 15.6. The second kappa shape index (κ2) is 5.99. The largest absolute Gasteiger partial charge is 0.508 e. The lowest BCUT2D eigenvalue weighted by Crippen LogP contribution is -2.13. The molecule has 1 saturated heterocycles. The van der Waals surface area contributed by atoms with Crippen molar-refractivity contribution >= 4 is 11.8 Å². The number of phenolic OH excluding ortho intramolecular Hbond substituents is 2. The van der Waals surface area contributed by atoms with Gasteiger partial charge in [-0.25, -0.2) is 0 Å². The molecule has 112 valence electrons. The minimum absolute atomic E-state index is 0.0217. The van der Waals surface area contributed by atoms with Crippen molar-refractivity contribution in [1.82, 2.24) is 0 Å². The maximum absolute atomic E-state index is 12.2. The molecule has 2 rings (SSSR count). The number of allylic oxidation sites excluding steroid dienone is 1. The minimum Gasteiger partial charge on any atom is -0.508 e. The average molecular weight is 290 g/mol. The second-order valence-corrected chi connectivity index (χ2v) is 5.48. The van der Waals surface area contributed by atoms with E-state index in [0.717, 1.165) is 5.57 Å². The average Bonchev–Trinajstić information content (AvgIpc) is 2.71. The van der Waals surface area contributed by atoms with E-state index < -0.39 is 11.9 Å². The van der Waals surface area contributed by atoms with Crippen LogP contribution in [0.3, 0.4) is 0 Å². The fourth-order valence-electron chi connectivity index (χ4n) is 2.39. The zero-order valence-corrected chi connectivity index (χ0v) is 12.0. The lowest BCUT2D eigenvalue weighted by atomic mass is 9.94. The Morgan fingerprint density at radius 1 is 1.38 bits per heavy atom. The van der Waals surface area contributed by atoms with Gasteiger partial charge in [-0.1, -0.05) is 5.57 Å². The van der Waals surface area contributed by atoms with Crippen molar-refractivity contribution in [3.05, 3.63) is 35.4 Å². The topological polar surface area (TPSA) is 83.8 Å². The van der Waals surface area contributed by atoms with Crippen molar-refractivity contribution in [3.63, 3.8) is 0 Å². The predicted octanol–water partition coefficient (Wildman–Crippen LogP) is 2.57. The van der Waals surface area contributed by atoms with Crippen LogP contribution in [0.4, 0.5) is 0 Å². The van der Waals surface area contributed by atoms with Crippen molar-refractivity contribution in [2.45, 2.75) is 32.8 Å². The van der Waals surface area contributed by atoms with E-state index in [9.17, 15) is 19.8 Å². The van der Waals surface area contributed by atoms with Gasteiger partial charge < -0.3 is 14.9 Å². The first-order valence-electron chi connectivity index (χ1n) is 6.77. The number of ether oxygens (including phenoxy) is 1. The lowest BCUT2D eigenvalue weighted by molar-refractivity contribution is -0.143. The SMILES string of the molecule is CC(C)=C[C@@H]1C[C@H](CC(=O)c2cc(O)ccc2O)C(=O)O1. The molecule has 1 heterocycles. The second-order valence-electron chi connectivity index (χ2n) is 5.48. The number of cyclic esters (lactones) is 1. The smallest absolute Gasteiger partial charge is 0.310 e. The van der Waals surface area contributed by atoms with Crippen LogP contribution < -0.4 is 0 Å². The number of benzene rings is 1. The summed E-state index contributed by atoms with van der Waals surface area (Å²) in [6, 6.07) is 3.74.